The number of carbonyl (C=O) groups excluding carboxylic acids is 1. The minimum Gasteiger partial charge on any atom is -0.272 e. The fraction of sp³-hybridized carbons (Fsp3) is 0.462. The van der Waals surface area contributed by atoms with E-state index in [9.17, 15) is 4.79 Å². The number of nitrogens with zero attached hydrogens (tertiary/aromatic N) is 1. The highest BCUT2D eigenvalue weighted by atomic mass is 16.7. The molecule has 86 valence electrons. The van der Waals surface area contributed by atoms with Gasteiger partial charge in [-0.05, 0) is 18.1 Å². The van der Waals surface area contributed by atoms with Crippen molar-refractivity contribution in [2.24, 2.45) is 0 Å². The zero-order chi connectivity index (χ0) is 11.4. The predicted molar refractivity (Wildman–Crippen MR) is 63.1 cm³/mol. The Kier molecular flexibility index (Phi) is 3.57. The van der Waals surface area contributed by atoms with Gasteiger partial charge in [0.1, 0.15) is 0 Å². The van der Waals surface area contributed by atoms with Gasteiger partial charge in [-0.2, -0.15) is 5.06 Å². The van der Waals surface area contributed by atoms with E-state index in [1.165, 1.54) is 10.6 Å². The Morgan fingerprint density at radius 2 is 2.25 bits per heavy atom. The number of hydrogen-bond donors (Lipinski definition) is 0. The van der Waals surface area contributed by atoms with E-state index in [-0.39, 0.29) is 5.91 Å². The molecule has 1 aliphatic heterocycles. The molecule has 0 radical (unpaired) electrons. The maximum atomic E-state index is 11.9. The third kappa shape index (κ3) is 2.25. The molecule has 1 amide bonds. The molecule has 0 fully saturated rings. The van der Waals surface area contributed by atoms with Crippen molar-refractivity contribution in [2.45, 2.75) is 32.6 Å². The van der Waals surface area contributed by atoms with E-state index in [2.05, 4.69) is 13.0 Å². The van der Waals surface area contributed by atoms with Crippen LogP contribution in [-0.2, 0) is 16.1 Å². The van der Waals surface area contributed by atoms with Crippen LogP contribution in [0.15, 0.2) is 24.3 Å². The molecule has 0 spiro atoms. The molecule has 16 heavy (non-hydrogen) atoms. The molecular weight excluding hydrogens is 202 g/mol. The molecule has 0 saturated heterocycles. The van der Waals surface area contributed by atoms with Gasteiger partial charge in [-0.15, -0.1) is 0 Å². The fourth-order valence-electron chi connectivity index (χ4n) is 1.87. The molecule has 1 heterocycles. The fourth-order valence-corrected chi connectivity index (χ4v) is 1.87. The Labute approximate surface area is 96.0 Å². The van der Waals surface area contributed by atoms with Gasteiger partial charge in [0.25, 0.3) is 5.91 Å². The third-order valence-electron chi connectivity index (χ3n) is 2.77. The number of rotatable bonds is 3. The van der Waals surface area contributed by atoms with Crippen LogP contribution in [0.25, 0.3) is 0 Å². The largest absolute Gasteiger partial charge is 0.272 e. The highest BCUT2D eigenvalue weighted by molar-refractivity contribution is 5.92. The van der Waals surface area contributed by atoms with Crippen LogP contribution in [0.1, 0.15) is 31.7 Å². The molecule has 0 aromatic heterocycles. The lowest BCUT2D eigenvalue weighted by molar-refractivity contribution is -0.126. The molecule has 1 aliphatic rings. The molecule has 2 rings (SSSR count). The highest BCUT2D eigenvalue weighted by Gasteiger charge is 2.22. The van der Waals surface area contributed by atoms with Crippen LogP contribution in [0.2, 0.25) is 0 Å². The Bertz CT molecular complexity index is 376. The van der Waals surface area contributed by atoms with Gasteiger partial charge in [-0.3, -0.25) is 9.63 Å². The maximum absolute atomic E-state index is 11.9. The lowest BCUT2D eigenvalue weighted by Crippen LogP contribution is -2.35. The molecular formula is C13H17NO2. The first-order valence-corrected chi connectivity index (χ1v) is 5.86. The number of carbonyl (C=O) groups is 1. The summed E-state index contributed by atoms with van der Waals surface area (Å²) >= 11 is 0. The van der Waals surface area contributed by atoms with Crippen LogP contribution in [0, 0.1) is 0 Å². The zero-order valence-electron chi connectivity index (χ0n) is 9.61. The van der Waals surface area contributed by atoms with Crippen molar-refractivity contribution >= 4 is 11.6 Å². The quantitative estimate of drug-likeness (QED) is 0.782. The van der Waals surface area contributed by atoms with Crippen molar-refractivity contribution in [3.05, 3.63) is 29.8 Å². The normalized spacial score (nSPS) is 14.7. The van der Waals surface area contributed by atoms with Gasteiger partial charge < -0.3 is 0 Å². The summed E-state index contributed by atoms with van der Waals surface area (Å²) in [4.78, 5) is 17.4. The van der Waals surface area contributed by atoms with Crippen molar-refractivity contribution < 1.29 is 9.63 Å². The van der Waals surface area contributed by atoms with Crippen LogP contribution >= 0.6 is 0 Å². The molecule has 1 aromatic carbocycles. The Balaban J connectivity index is 2.15. The van der Waals surface area contributed by atoms with Crippen molar-refractivity contribution in [2.75, 3.05) is 11.7 Å². The SMILES string of the molecule is CCCCC(=O)N1OCCc2ccccc21. The summed E-state index contributed by atoms with van der Waals surface area (Å²) in [6.45, 7) is 2.67. The van der Waals surface area contributed by atoms with E-state index >= 15 is 0 Å². The number of benzene rings is 1. The summed E-state index contributed by atoms with van der Waals surface area (Å²) in [5.74, 6) is 0.0639. The standard InChI is InChI=1S/C13H17NO2/c1-2-3-8-13(15)14-12-7-5-4-6-11(12)9-10-16-14/h4-7H,2-3,8-10H2,1H3. The van der Waals surface area contributed by atoms with Gasteiger partial charge in [0.2, 0.25) is 0 Å². The van der Waals surface area contributed by atoms with Crippen LogP contribution in [-0.4, -0.2) is 12.5 Å². The second kappa shape index (κ2) is 5.12. The smallest absolute Gasteiger partial charge is 0.250 e. The highest BCUT2D eigenvalue weighted by Crippen LogP contribution is 2.26. The Hall–Kier alpha value is -1.35. The van der Waals surface area contributed by atoms with E-state index in [0.29, 0.717) is 13.0 Å². The summed E-state index contributed by atoms with van der Waals surface area (Å²) < 4.78 is 0. The first kappa shape index (κ1) is 11.1. The minimum atomic E-state index is 0.0639. The molecule has 1 aromatic rings. The van der Waals surface area contributed by atoms with Crippen molar-refractivity contribution in [3.8, 4) is 0 Å². The summed E-state index contributed by atoms with van der Waals surface area (Å²) in [5, 5.41) is 1.47. The van der Waals surface area contributed by atoms with Crippen molar-refractivity contribution in [3.63, 3.8) is 0 Å². The van der Waals surface area contributed by atoms with Gasteiger partial charge in [0.15, 0.2) is 0 Å². The van der Waals surface area contributed by atoms with E-state index in [1.54, 1.807) is 0 Å². The summed E-state index contributed by atoms with van der Waals surface area (Å²) in [7, 11) is 0. The maximum Gasteiger partial charge on any atom is 0.250 e. The molecule has 0 saturated carbocycles. The number of para-hydroxylation sites is 1. The molecule has 0 atom stereocenters. The molecule has 3 heteroatoms. The predicted octanol–water partition coefficient (Wildman–Crippen LogP) is 2.70. The van der Waals surface area contributed by atoms with Crippen LogP contribution in [0.3, 0.4) is 0 Å². The van der Waals surface area contributed by atoms with Gasteiger partial charge in [0, 0.05) is 12.8 Å². The van der Waals surface area contributed by atoms with E-state index in [1.807, 2.05) is 18.2 Å². The number of hydrogen-bond acceptors (Lipinski definition) is 2. The van der Waals surface area contributed by atoms with Crippen LogP contribution in [0.5, 0.6) is 0 Å². The zero-order valence-corrected chi connectivity index (χ0v) is 9.61. The first-order chi connectivity index (χ1) is 7.83. The number of hydroxylamine groups is 1. The summed E-state index contributed by atoms with van der Waals surface area (Å²) in [6, 6.07) is 7.93. The number of anilines is 1. The monoisotopic (exact) mass is 219 g/mol. The number of unbranched alkanes of at least 4 members (excludes halogenated alkanes) is 1. The Morgan fingerprint density at radius 1 is 1.44 bits per heavy atom. The number of amides is 1. The second-order valence-corrected chi connectivity index (χ2v) is 4.00. The van der Waals surface area contributed by atoms with Gasteiger partial charge in [-0.25, -0.2) is 0 Å². The topological polar surface area (TPSA) is 29.5 Å². The second-order valence-electron chi connectivity index (χ2n) is 4.00. The molecule has 0 N–H and O–H groups in total. The van der Waals surface area contributed by atoms with Crippen molar-refractivity contribution in [1.29, 1.82) is 0 Å². The van der Waals surface area contributed by atoms with Crippen LogP contribution < -0.4 is 5.06 Å². The summed E-state index contributed by atoms with van der Waals surface area (Å²) in [5.41, 5.74) is 2.11. The van der Waals surface area contributed by atoms with Gasteiger partial charge >= 0.3 is 0 Å². The van der Waals surface area contributed by atoms with Gasteiger partial charge in [0.05, 0.1) is 12.3 Å². The molecule has 0 aliphatic carbocycles. The van der Waals surface area contributed by atoms with Gasteiger partial charge in [-0.1, -0.05) is 31.5 Å². The third-order valence-corrected chi connectivity index (χ3v) is 2.77. The Morgan fingerprint density at radius 3 is 3.06 bits per heavy atom. The van der Waals surface area contributed by atoms with E-state index in [0.717, 1.165) is 24.9 Å². The molecule has 3 nitrogen and oxygen atoms in total. The summed E-state index contributed by atoms with van der Waals surface area (Å²) in [6.07, 6.45) is 3.39. The lowest BCUT2D eigenvalue weighted by Gasteiger charge is -2.28. The minimum absolute atomic E-state index is 0.0639. The number of fused-ring (bicyclic) bond motifs is 1. The van der Waals surface area contributed by atoms with Crippen LogP contribution in [0.4, 0.5) is 5.69 Å². The first-order valence-electron chi connectivity index (χ1n) is 5.86. The van der Waals surface area contributed by atoms with Crippen molar-refractivity contribution in [1.82, 2.24) is 0 Å². The van der Waals surface area contributed by atoms with E-state index < -0.39 is 0 Å². The molecule has 0 bridgehead atoms. The van der Waals surface area contributed by atoms with E-state index in [4.69, 9.17) is 4.84 Å². The molecule has 0 unspecified atom stereocenters. The lowest BCUT2D eigenvalue weighted by atomic mass is 10.1. The average molecular weight is 219 g/mol. The average Bonchev–Trinajstić information content (AvgIpc) is 2.35.